The lowest BCUT2D eigenvalue weighted by Crippen LogP contribution is -2.38. The minimum Gasteiger partial charge on any atom is -0.508 e. The van der Waals surface area contributed by atoms with E-state index in [0.29, 0.717) is 5.92 Å². The lowest BCUT2D eigenvalue weighted by molar-refractivity contribution is 0.132. The minimum atomic E-state index is 0.213. The van der Waals surface area contributed by atoms with Crippen LogP contribution in [0.25, 0.3) is 22.5 Å². The van der Waals surface area contributed by atoms with Crippen molar-refractivity contribution >= 4 is 0 Å². The summed E-state index contributed by atoms with van der Waals surface area (Å²) in [6.07, 6.45) is 4.26. The second kappa shape index (κ2) is 8.59. The van der Waals surface area contributed by atoms with Gasteiger partial charge in [-0.2, -0.15) is 0 Å². The van der Waals surface area contributed by atoms with Crippen LogP contribution in [0.15, 0.2) is 60.9 Å². The number of benzene rings is 2. The number of aliphatic hydroxyl groups excluding tert-OH is 1. The normalized spacial score (nSPS) is 17.7. The molecule has 2 N–H and O–H groups in total. The summed E-state index contributed by atoms with van der Waals surface area (Å²) in [6.45, 7) is 3.90. The molecule has 0 saturated carbocycles. The van der Waals surface area contributed by atoms with Crippen molar-refractivity contribution in [2.24, 2.45) is 5.92 Å². The van der Waals surface area contributed by atoms with Gasteiger partial charge in [-0.3, -0.25) is 0 Å². The Morgan fingerprint density at radius 2 is 1.86 bits per heavy atom. The molecule has 5 heteroatoms. The van der Waals surface area contributed by atoms with Gasteiger partial charge in [-0.1, -0.05) is 42.5 Å². The van der Waals surface area contributed by atoms with Gasteiger partial charge in [-0.15, -0.1) is 0 Å². The smallest absolute Gasteiger partial charge is 0.116 e. The summed E-state index contributed by atoms with van der Waals surface area (Å²) < 4.78 is 2.23. The fraction of sp³-hybridized carbons (Fsp3) is 0.348. The number of imidazole rings is 1. The Morgan fingerprint density at radius 1 is 1.04 bits per heavy atom. The van der Waals surface area contributed by atoms with Crippen LogP contribution in [0.5, 0.6) is 5.75 Å². The van der Waals surface area contributed by atoms with Crippen molar-refractivity contribution in [2.45, 2.75) is 19.4 Å². The molecule has 0 aliphatic carbocycles. The van der Waals surface area contributed by atoms with Gasteiger partial charge in [0, 0.05) is 30.8 Å². The summed E-state index contributed by atoms with van der Waals surface area (Å²) in [5.74, 6) is 0.783. The van der Waals surface area contributed by atoms with Crippen LogP contribution in [0.3, 0.4) is 0 Å². The molecule has 0 amide bonds. The van der Waals surface area contributed by atoms with Crippen molar-refractivity contribution in [3.05, 3.63) is 60.9 Å². The molecule has 0 unspecified atom stereocenters. The highest BCUT2D eigenvalue weighted by Crippen LogP contribution is 2.33. The van der Waals surface area contributed by atoms with E-state index in [2.05, 4.69) is 21.6 Å². The van der Waals surface area contributed by atoms with E-state index in [-0.39, 0.29) is 12.4 Å². The Labute approximate surface area is 165 Å². The molecule has 0 bridgehead atoms. The Hall–Kier alpha value is -2.63. The number of aromatic hydroxyl groups is 1. The van der Waals surface area contributed by atoms with Crippen LogP contribution in [-0.2, 0) is 6.54 Å². The molecule has 1 fully saturated rings. The first-order chi connectivity index (χ1) is 13.7. The molecule has 2 aromatic carbocycles. The number of likely N-dealkylation sites (tertiary alicyclic amines) is 1. The van der Waals surface area contributed by atoms with Gasteiger partial charge in [0.2, 0.25) is 0 Å². The molecule has 1 aromatic heterocycles. The van der Waals surface area contributed by atoms with Crippen LogP contribution in [0.1, 0.15) is 12.8 Å². The third-order valence-corrected chi connectivity index (χ3v) is 5.48. The molecule has 5 nitrogen and oxygen atoms in total. The molecule has 3 aromatic rings. The number of hydrogen-bond acceptors (Lipinski definition) is 4. The highest BCUT2D eigenvalue weighted by atomic mass is 16.3. The minimum absolute atomic E-state index is 0.213. The average Bonchev–Trinajstić information content (AvgIpc) is 3.13. The van der Waals surface area contributed by atoms with E-state index in [1.165, 1.54) is 6.42 Å². The van der Waals surface area contributed by atoms with Crippen molar-refractivity contribution in [1.29, 1.82) is 0 Å². The number of aliphatic hydroxyl groups is 1. The zero-order chi connectivity index (χ0) is 19.3. The third-order valence-electron chi connectivity index (χ3n) is 5.48. The zero-order valence-electron chi connectivity index (χ0n) is 16.0. The van der Waals surface area contributed by atoms with Crippen LogP contribution >= 0.6 is 0 Å². The summed E-state index contributed by atoms with van der Waals surface area (Å²) in [5, 5.41) is 19.3. The lowest BCUT2D eigenvalue weighted by atomic mass is 9.97. The monoisotopic (exact) mass is 377 g/mol. The van der Waals surface area contributed by atoms with Crippen molar-refractivity contribution in [2.75, 3.05) is 26.2 Å². The fourth-order valence-corrected chi connectivity index (χ4v) is 4.21. The van der Waals surface area contributed by atoms with Crippen LogP contribution in [-0.4, -0.2) is 50.9 Å². The van der Waals surface area contributed by atoms with Gasteiger partial charge in [0.15, 0.2) is 0 Å². The summed E-state index contributed by atoms with van der Waals surface area (Å²) in [6, 6.07) is 17.6. The number of piperidine rings is 1. The number of hydrogen-bond donors (Lipinski definition) is 2. The second-order valence-corrected chi connectivity index (χ2v) is 7.54. The van der Waals surface area contributed by atoms with Crippen molar-refractivity contribution in [1.82, 2.24) is 14.5 Å². The average molecular weight is 377 g/mol. The number of nitrogens with zero attached hydrogens (tertiary/aromatic N) is 3. The summed E-state index contributed by atoms with van der Waals surface area (Å²) in [4.78, 5) is 7.09. The molecule has 28 heavy (non-hydrogen) atoms. The van der Waals surface area contributed by atoms with Crippen molar-refractivity contribution in [3.8, 4) is 28.3 Å². The molecule has 0 spiro atoms. The Balaban J connectivity index is 1.68. The van der Waals surface area contributed by atoms with Gasteiger partial charge in [0.1, 0.15) is 5.75 Å². The van der Waals surface area contributed by atoms with Gasteiger partial charge < -0.3 is 19.7 Å². The van der Waals surface area contributed by atoms with E-state index >= 15 is 0 Å². The molecule has 1 aliphatic heterocycles. The Kier molecular flexibility index (Phi) is 5.74. The van der Waals surface area contributed by atoms with E-state index in [0.717, 1.165) is 55.1 Å². The maximum absolute atomic E-state index is 10.0. The number of phenolic OH excluding ortho intramolecular Hbond substituents is 1. The predicted molar refractivity (Wildman–Crippen MR) is 111 cm³/mol. The van der Waals surface area contributed by atoms with Crippen LogP contribution in [0.2, 0.25) is 0 Å². The van der Waals surface area contributed by atoms with Crippen LogP contribution in [0, 0.1) is 5.92 Å². The zero-order valence-corrected chi connectivity index (χ0v) is 16.0. The number of phenols is 1. The summed E-state index contributed by atoms with van der Waals surface area (Å²) in [5.41, 5.74) is 4.03. The molecule has 1 saturated heterocycles. The first kappa shape index (κ1) is 18.7. The topological polar surface area (TPSA) is 61.5 Å². The van der Waals surface area contributed by atoms with E-state index in [4.69, 9.17) is 4.98 Å². The first-order valence-corrected chi connectivity index (χ1v) is 9.98. The SMILES string of the molecule is OCCN1CCC[C@H](Cn2cnc(-c3ccccc3)c2-c2cccc(O)c2)C1. The maximum atomic E-state index is 10.0. The quantitative estimate of drug-likeness (QED) is 0.689. The number of β-amino-alcohol motifs (C(OH)–C–C–N with tert-alkyl or cyclic N) is 1. The number of aromatic nitrogens is 2. The Bertz CT molecular complexity index is 905. The lowest BCUT2D eigenvalue weighted by Gasteiger charge is -2.32. The van der Waals surface area contributed by atoms with Crippen molar-refractivity contribution in [3.63, 3.8) is 0 Å². The molecule has 4 rings (SSSR count). The van der Waals surface area contributed by atoms with E-state index in [9.17, 15) is 10.2 Å². The van der Waals surface area contributed by atoms with Gasteiger partial charge in [0.25, 0.3) is 0 Å². The molecule has 1 atom stereocenters. The highest BCUT2D eigenvalue weighted by Gasteiger charge is 2.22. The summed E-state index contributed by atoms with van der Waals surface area (Å²) in [7, 11) is 0. The van der Waals surface area contributed by atoms with Crippen LogP contribution < -0.4 is 0 Å². The maximum Gasteiger partial charge on any atom is 0.116 e. The van der Waals surface area contributed by atoms with E-state index < -0.39 is 0 Å². The largest absolute Gasteiger partial charge is 0.508 e. The summed E-state index contributed by atoms with van der Waals surface area (Å²) >= 11 is 0. The molecule has 2 heterocycles. The van der Waals surface area contributed by atoms with Gasteiger partial charge in [-0.05, 0) is 37.4 Å². The standard InChI is InChI=1S/C23H27N3O2/c27-13-12-25-11-5-6-18(15-25)16-26-17-24-22(19-7-2-1-3-8-19)23(26)20-9-4-10-21(28)14-20/h1-4,7-10,14,17-18,27-28H,5-6,11-13,15-16H2/t18-/m0/s1. The second-order valence-electron chi connectivity index (χ2n) is 7.54. The molecule has 1 aliphatic rings. The first-order valence-electron chi connectivity index (χ1n) is 9.98. The Morgan fingerprint density at radius 3 is 2.64 bits per heavy atom. The van der Waals surface area contributed by atoms with E-state index in [1.54, 1.807) is 12.1 Å². The molecular formula is C23H27N3O2. The van der Waals surface area contributed by atoms with Crippen LogP contribution in [0.4, 0.5) is 0 Å². The van der Waals surface area contributed by atoms with Gasteiger partial charge in [0.05, 0.1) is 24.3 Å². The van der Waals surface area contributed by atoms with E-state index in [1.807, 2.05) is 36.7 Å². The predicted octanol–water partition coefficient (Wildman–Crippen LogP) is 3.63. The number of rotatable bonds is 6. The van der Waals surface area contributed by atoms with Gasteiger partial charge >= 0.3 is 0 Å². The molecular weight excluding hydrogens is 350 g/mol. The van der Waals surface area contributed by atoms with Crippen molar-refractivity contribution < 1.29 is 10.2 Å². The highest BCUT2D eigenvalue weighted by molar-refractivity contribution is 5.79. The third kappa shape index (κ3) is 4.11. The molecule has 146 valence electrons. The van der Waals surface area contributed by atoms with Gasteiger partial charge in [-0.25, -0.2) is 4.98 Å². The fourth-order valence-electron chi connectivity index (χ4n) is 4.21. The molecule has 0 radical (unpaired) electrons.